The van der Waals surface area contributed by atoms with Gasteiger partial charge >= 0.3 is 0 Å². The molecular formula is C15H17FN2O2. The summed E-state index contributed by atoms with van der Waals surface area (Å²) in [5.74, 6) is -0.367. The Morgan fingerprint density at radius 1 is 1.05 bits per heavy atom. The fourth-order valence-electron chi connectivity index (χ4n) is 2.97. The van der Waals surface area contributed by atoms with Gasteiger partial charge in [-0.05, 0) is 36.6 Å². The quantitative estimate of drug-likeness (QED) is 0.789. The first kappa shape index (κ1) is 13.1. The third-order valence-corrected chi connectivity index (χ3v) is 4.00. The molecule has 20 heavy (non-hydrogen) atoms. The second-order valence-electron chi connectivity index (χ2n) is 5.30. The molecular weight excluding hydrogens is 259 g/mol. The number of carbonyl (C=O) groups is 2. The first-order valence-corrected chi connectivity index (χ1v) is 7.02. The molecule has 0 saturated carbocycles. The van der Waals surface area contributed by atoms with Crippen LogP contribution in [0.1, 0.15) is 24.8 Å². The van der Waals surface area contributed by atoms with Crippen LogP contribution in [0.2, 0.25) is 0 Å². The van der Waals surface area contributed by atoms with Gasteiger partial charge < -0.3 is 4.90 Å². The predicted molar refractivity (Wildman–Crippen MR) is 72.9 cm³/mol. The molecule has 0 spiro atoms. The number of aryl methyl sites for hydroxylation is 1. The molecule has 1 saturated heterocycles. The summed E-state index contributed by atoms with van der Waals surface area (Å²) < 4.78 is 13.2. The van der Waals surface area contributed by atoms with E-state index in [1.54, 1.807) is 12.1 Å². The van der Waals surface area contributed by atoms with Crippen LogP contribution < -0.4 is 4.90 Å². The molecule has 0 N–H and O–H groups in total. The number of imide groups is 1. The van der Waals surface area contributed by atoms with Crippen LogP contribution in [0.3, 0.4) is 0 Å². The Bertz CT molecular complexity index is 543. The maximum Gasteiger partial charge on any atom is 0.229 e. The van der Waals surface area contributed by atoms with Crippen molar-refractivity contribution < 1.29 is 14.0 Å². The Kier molecular flexibility index (Phi) is 3.42. The van der Waals surface area contributed by atoms with Crippen molar-refractivity contribution in [2.45, 2.75) is 25.7 Å². The highest BCUT2D eigenvalue weighted by Gasteiger charge is 2.29. The summed E-state index contributed by atoms with van der Waals surface area (Å²) in [6.45, 7) is 1.93. The Morgan fingerprint density at radius 2 is 1.80 bits per heavy atom. The first-order valence-electron chi connectivity index (χ1n) is 7.02. The molecule has 1 aromatic rings. The Hall–Kier alpha value is -1.91. The zero-order valence-electron chi connectivity index (χ0n) is 11.3. The lowest BCUT2D eigenvalue weighted by atomic mass is 10.0. The van der Waals surface area contributed by atoms with Crippen molar-refractivity contribution in [3.05, 3.63) is 29.6 Å². The van der Waals surface area contributed by atoms with E-state index in [1.807, 2.05) is 0 Å². The van der Waals surface area contributed by atoms with Gasteiger partial charge in [-0.1, -0.05) is 0 Å². The first-order chi connectivity index (χ1) is 9.65. The van der Waals surface area contributed by atoms with Crippen LogP contribution in [0.15, 0.2) is 18.2 Å². The maximum atomic E-state index is 13.2. The third kappa shape index (κ3) is 2.40. The van der Waals surface area contributed by atoms with Gasteiger partial charge in [-0.3, -0.25) is 14.5 Å². The standard InChI is InChI=1S/C15H17FN2O2/c16-12-3-4-13-11(10-12)2-1-7-17(13)8-9-18-14(19)5-6-15(18)20/h3-4,10H,1-2,5-9H2. The van der Waals surface area contributed by atoms with Crippen LogP contribution in [-0.2, 0) is 16.0 Å². The Labute approximate surface area is 117 Å². The minimum atomic E-state index is -0.213. The monoisotopic (exact) mass is 276 g/mol. The highest BCUT2D eigenvalue weighted by Crippen LogP contribution is 2.27. The van der Waals surface area contributed by atoms with Gasteiger partial charge in [-0.25, -0.2) is 4.39 Å². The minimum absolute atomic E-state index is 0.0775. The molecule has 5 heteroatoms. The molecule has 106 valence electrons. The summed E-state index contributed by atoms with van der Waals surface area (Å²) in [5, 5.41) is 0. The number of carbonyl (C=O) groups excluding carboxylic acids is 2. The van der Waals surface area contributed by atoms with E-state index < -0.39 is 0 Å². The van der Waals surface area contributed by atoms with Gasteiger partial charge in [-0.2, -0.15) is 0 Å². The molecule has 0 aliphatic carbocycles. The summed E-state index contributed by atoms with van der Waals surface area (Å²) in [6.07, 6.45) is 2.52. The molecule has 1 aromatic carbocycles. The van der Waals surface area contributed by atoms with E-state index in [2.05, 4.69) is 4.90 Å². The third-order valence-electron chi connectivity index (χ3n) is 4.00. The van der Waals surface area contributed by atoms with E-state index in [0.29, 0.717) is 25.9 Å². The van der Waals surface area contributed by atoms with E-state index in [4.69, 9.17) is 0 Å². The van der Waals surface area contributed by atoms with E-state index in [9.17, 15) is 14.0 Å². The lowest BCUT2D eigenvalue weighted by Gasteiger charge is -2.32. The lowest BCUT2D eigenvalue weighted by molar-refractivity contribution is -0.138. The molecule has 4 nitrogen and oxygen atoms in total. The van der Waals surface area contributed by atoms with Crippen molar-refractivity contribution >= 4 is 17.5 Å². The largest absolute Gasteiger partial charge is 0.370 e. The highest BCUT2D eigenvalue weighted by molar-refractivity contribution is 6.01. The van der Waals surface area contributed by atoms with Gasteiger partial charge in [0.2, 0.25) is 11.8 Å². The van der Waals surface area contributed by atoms with Gasteiger partial charge in [0, 0.05) is 38.2 Å². The van der Waals surface area contributed by atoms with Crippen molar-refractivity contribution in [2.24, 2.45) is 0 Å². The number of halogens is 1. The summed E-state index contributed by atoms with van der Waals surface area (Å²) in [6, 6.07) is 4.83. The van der Waals surface area contributed by atoms with Crippen molar-refractivity contribution in [2.75, 3.05) is 24.5 Å². The van der Waals surface area contributed by atoms with Gasteiger partial charge in [-0.15, -0.1) is 0 Å². The van der Waals surface area contributed by atoms with Crippen LogP contribution in [0.4, 0.5) is 10.1 Å². The fourth-order valence-corrected chi connectivity index (χ4v) is 2.97. The van der Waals surface area contributed by atoms with Gasteiger partial charge in [0.25, 0.3) is 0 Å². The lowest BCUT2D eigenvalue weighted by Crippen LogP contribution is -2.39. The van der Waals surface area contributed by atoms with Crippen molar-refractivity contribution in [1.82, 2.24) is 4.90 Å². The van der Waals surface area contributed by atoms with E-state index in [-0.39, 0.29) is 17.6 Å². The number of hydrogen-bond acceptors (Lipinski definition) is 3. The van der Waals surface area contributed by atoms with Crippen molar-refractivity contribution in [1.29, 1.82) is 0 Å². The molecule has 2 amide bonds. The average molecular weight is 276 g/mol. The molecule has 2 heterocycles. The molecule has 0 radical (unpaired) electrons. The number of amides is 2. The van der Waals surface area contributed by atoms with Crippen molar-refractivity contribution in [3.8, 4) is 0 Å². The summed E-state index contributed by atoms with van der Waals surface area (Å²) in [4.78, 5) is 26.7. The van der Waals surface area contributed by atoms with E-state index in [0.717, 1.165) is 30.6 Å². The zero-order valence-corrected chi connectivity index (χ0v) is 11.3. The van der Waals surface area contributed by atoms with Crippen LogP contribution in [0, 0.1) is 5.82 Å². The van der Waals surface area contributed by atoms with Crippen LogP contribution >= 0.6 is 0 Å². The summed E-state index contributed by atoms with van der Waals surface area (Å²) >= 11 is 0. The maximum absolute atomic E-state index is 13.2. The summed E-state index contributed by atoms with van der Waals surface area (Å²) in [7, 11) is 0. The van der Waals surface area contributed by atoms with E-state index in [1.165, 1.54) is 11.0 Å². The second-order valence-corrected chi connectivity index (χ2v) is 5.30. The predicted octanol–water partition coefficient (Wildman–Crippen LogP) is 1.73. The van der Waals surface area contributed by atoms with Gasteiger partial charge in [0.05, 0.1) is 0 Å². The molecule has 0 aromatic heterocycles. The minimum Gasteiger partial charge on any atom is -0.370 e. The number of benzene rings is 1. The molecule has 0 unspecified atom stereocenters. The number of likely N-dealkylation sites (tertiary alicyclic amines) is 1. The molecule has 0 bridgehead atoms. The van der Waals surface area contributed by atoms with Gasteiger partial charge in [0.15, 0.2) is 0 Å². The van der Waals surface area contributed by atoms with Crippen LogP contribution in [0.25, 0.3) is 0 Å². The Balaban J connectivity index is 1.70. The average Bonchev–Trinajstić information content (AvgIpc) is 2.75. The second kappa shape index (κ2) is 5.23. The SMILES string of the molecule is O=C1CCC(=O)N1CCN1CCCc2cc(F)ccc21. The molecule has 3 rings (SSSR count). The number of rotatable bonds is 3. The molecule has 1 fully saturated rings. The fraction of sp³-hybridized carbons (Fsp3) is 0.467. The zero-order chi connectivity index (χ0) is 14.1. The highest BCUT2D eigenvalue weighted by atomic mass is 19.1. The number of hydrogen-bond donors (Lipinski definition) is 0. The molecule has 2 aliphatic heterocycles. The van der Waals surface area contributed by atoms with Crippen LogP contribution in [-0.4, -0.2) is 36.3 Å². The van der Waals surface area contributed by atoms with Crippen LogP contribution in [0.5, 0.6) is 0 Å². The number of anilines is 1. The summed E-state index contributed by atoms with van der Waals surface area (Å²) in [5.41, 5.74) is 2.03. The van der Waals surface area contributed by atoms with Gasteiger partial charge in [0.1, 0.15) is 5.82 Å². The molecule has 0 atom stereocenters. The normalized spacial score (nSPS) is 18.6. The smallest absolute Gasteiger partial charge is 0.229 e. The van der Waals surface area contributed by atoms with Crippen molar-refractivity contribution in [3.63, 3.8) is 0 Å². The Morgan fingerprint density at radius 3 is 2.55 bits per heavy atom. The topological polar surface area (TPSA) is 40.6 Å². The molecule has 2 aliphatic rings. The number of fused-ring (bicyclic) bond motifs is 1. The number of nitrogens with zero attached hydrogens (tertiary/aromatic N) is 2. The van der Waals surface area contributed by atoms with E-state index >= 15 is 0 Å².